The van der Waals surface area contributed by atoms with Crippen molar-refractivity contribution in [2.75, 3.05) is 0 Å². The van der Waals surface area contributed by atoms with Crippen molar-refractivity contribution in [1.29, 1.82) is 5.26 Å². The molecular formula is C8H8NNa3O7. The fourth-order valence-corrected chi connectivity index (χ4v) is 0.684. The van der Waals surface area contributed by atoms with Gasteiger partial charge in [-0.15, -0.1) is 0 Å². The van der Waals surface area contributed by atoms with E-state index in [1.54, 1.807) is 6.07 Å². The van der Waals surface area contributed by atoms with Crippen LogP contribution in [0.3, 0.4) is 0 Å². The van der Waals surface area contributed by atoms with E-state index < -0.39 is 36.4 Å². The number of nitriles is 1. The fourth-order valence-electron chi connectivity index (χ4n) is 0.684. The van der Waals surface area contributed by atoms with Gasteiger partial charge in [-0.25, -0.2) is 0 Å². The van der Waals surface area contributed by atoms with Crippen molar-refractivity contribution in [3.8, 4) is 6.07 Å². The van der Waals surface area contributed by atoms with Gasteiger partial charge in [-0.3, -0.25) is 0 Å². The molecule has 0 aromatic carbocycles. The molecule has 0 rings (SSSR count). The zero-order chi connectivity index (χ0) is 13.4. The first-order valence-corrected chi connectivity index (χ1v) is 3.84. The van der Waals surface area contributed by atoms with E-state index in [2.05, 4.69) is 0 Å². The van der Waals surface area contributed by atoms with E-state index in [1.165, 1.54) is 6.92 Å². The van der Waals surface area contributed by atoms with E-state index in [0.29, 0.717) is 0 Å². The van der Waals surface area contributed by atoms with Crippen LogP contribution in [-0.4, -0.2) is 28.6 Å². The molecule has 0 saturated heterocycles. The summed E-state index contributed by atoms with van der Waals surface area (Å²) in [5.41, 5.74) is -2.97. The Morgan fingerprint density at radius 2 is 1.26 bits per heavy atom. The zero-order valence-electron chi connectivity index (χ0n) is 11.3. The van der Waals surface area contributed by atoms with Gasteiger partial charge in [0.05, 0.1) is 12.0 Å². The number of hydrogen-bond acceptors (Lipinski definition) is 8. The van der Waals surface area contributed by atoms with Gasteiger partial charge in [-0.1, -0.05) is 0 Å². The van der Waals surface area contributed by atoms with E-state index in [-0.39, 0.29) is 88.7 Å². The quantitative estimate of drug-likeness (QED) is 0.488. The summed E-state index contributed by atoms with van der Waals surface area (Å²) < 4.78 is 0. The molecule has 0 amide bonds. The van der Waals surface area contributed by atoms with Crippen molar-refractivity contribution in [2.24, 2.45) is 0 Å². The van der Waals surface area contributed by atoms with Gasteiger partial charge in [0.1, 0.15) is 5.60 Å². The Labute approximate surface area is 176 Å². The third kappa shape index (κ3) is 18.9. The standard InChI is InChI=1S/C6H8O7.C2H3N.3Na/c7-3(8)1-6(13,5(11)12)2-4(9)10;1-2-3;;;/h13H,1-2H2,(H,7,8)(H,9,10)(H,11,12);1H3;;;/q;;3*+1/p-3. The summed E-state index contributed by atoms with van der Waals surface area (Å²) >= 11 is 0. The summed E-state index contributed by atoms with van der Waals surface area (Å²) in [5, 5.41) is 46.2. The van der Waals surface area contributed by atoms with Gasteiger partial charge in [0.2, 0.25) is 0 Å². The number of rotatable bonds is 5. The SMILES string of the molecule is CC#N.O=C([O-])CC(O)(CC(=O)[O-])C(=O)[O-].[Na+].[Na+].[Na+]. The maximum atomic E-state index is 10.1. The van der Waals surface area contributed by atoms with Crippen molar-refractivity contribution < 1.29 is 123 Å². The molecule has 11 heteroatoms. The number of aliphatic hydroxyl groups is 1. The molecule has 0 aromatic rings. The van der Waals surface area contributed by atoms with Gasteiger partial charge in [0.15, 0.2) is 0 Å². The number of hydrogen-bond donors (Lipinski definition) is 1. The number of nitrogens with zero attached hydrogens (tertiary/aromatic N) is 1. The molecule has 0 aliphatic heterocycles. The van der Waals surface area contributed by atoms with Crippen LogP contribution in [0.4, 0.5) is 0 Å². The van der Waals surface area contributed by atoms with Gasteiger partial charge < -0.3 is 34.8 Å². The first-order chi connectivity index (χ1) is 7.19. The Balaban J connectivity index is -0.0000000992. The largest absolute Gasteiger partial charge is 1.00 e. The van der Waals surface area contributed by atoms with E-state index >= 15 is 0 Å². The van der Waals surface area contributed by atoms with Gasteiger partial charge >= 0.3 is 88.7 Å². The van der Waals surface area contributed by atoms with Gasteiger partial charge in [-0.2, -0.15) is 5.26 Å². The second-order valence-corrected chi connectivity index (χ2v) is 2.64. The fraction of sp³-hybridized carbons (Fsp3) is 0.500. The predicted molar refractivity (Wildman–Crippen MR) is 40.5 cm³/mol. The number of carbonyl (C=O) groups excluding carboxylic acids is 3. The molecule has 0 saturated carbocycles. The maximum absolute atomic E-state index is 10.1. The Morgan fingerprint density at radius 3 is 1.37 bits per heavy atom. The summed E-state index contributed by atoms with van der Waals surface area (Å²) in [7, 11) is 0. The van der Waals surface area contributed by atoms with Gasteiger partial charge in [-0.05, 0) is 0 Å². The van der Waals surface area contributed by atoms with Crippen LogP contribution in [0.15, 0.2) is 0 Å². The zero-order valence-corrected chi connectivity index (χ0v) is 17.3. The summed E-state index contributed by atoms with van der Waals surface area (Å²) in [5.74, 6) is -5.98. The van der Waals surface area contributed by atoms with Gasteiger partial charge in [0.25, 0.3) is 0 Å². The van der Waals surface area contributed by atoms with Crippen LogP contribution in [0, 0.1) is 11.3 Å². The third-order valence-electron chi connectivity index (χ3n) is 1.25. The smallest absolute Gasteiger partial charge is 0.550 e. The number of carbonyl (C=O) groups is 3. The minimum Gasteiger partial charge on any atom is -0.550 e. The molecule has 0 unspecified atom stereocenters. The van der Waals surface area contributed by atoms with Crippen LogP contribution in [0.25, 0.3) is 0 Å². The Hall–Kier alpha value is 0.860. The average molecular weight is 299 g/mol. The first kappa shape index (κ1) is 32.0. The molecule has 0 aromatic heterocycles. The van der Waals surface area contributed by atoms with Crippen LogP contribution in [-0.2, 0) is 14.4 Å². The van der Waals surface area contributed by atoms with Gasteiger partial charge in [0, 0.05) is 31.7 Å². The number of aliphatic carboxylic acids is 3. The van der Waals surface area contributed by atoms with Crippen LogP contribution < -0.4 is 104 Å². The second kappa shape index (κ2) is 16.9. The van der Waals surface area contributed by atoms with E-state index in [4.69, 9.17) is 10.4 Å². The molecule has 0 atom stereocenters. The molecule has 1 N–H and O–H groups in total. The summed E-state index contributed by atoms with van der Waals surface area (Å²) in [6.07, 6.45) is -2.72. The van der Waals surface area contributed by atoms with Crippen molar-refractivity contribution >= 4 is 17.9 Å². The normalized spacial score (nSPS) is 7.84. The summed E-state index contributed by atoms with van der Waals surface area (Å²) in [4.78, 5) is 30.0. The minimum atomic E-state index is -2.97. The second-order valence-electron chi connectivity index (χ2n) is 2.64. The minimum absolute atomic E-state index is 0. The molecule has 90 valence electrons. The van der Waals surface area contributed by atoms with Crippen LogP contribution in [0.5, 0.6) is 0 Å². The number of carboxylic acid groups (broad SMARTS) is 3. The molecule has 8 nitrogen and oxygen atoms in total. The summed E-state index contributed by atoms with van der Waals surface area (Å²) in [6.45, 7) is 1.43. The Morgan fingerprint density at radius 1 is 1.05 bits per heavy atom. The van der Waals surface area contributed by atoms with Crippen LogP contribution in [0.1, 0.15) is 19.8 Å². The molecule has 0 aliphatic rings. The molecule has 0 aliphatic carbocycles. The number of carboxylic acids is 3. The molecule has 0 fully saturated rings. The van der Waals surface area contributed by atoms with Crippen molar-refractivity contribution in [2.45, 2.75) is 25.4 Å². The predicted octanol–water partition coefficient (Wildman–Crippen LogP) is -13.7. The van der Waals surface area contributed by atoms with Crippen molar-refractivity contribution in [3.63, 3.8) is 0 Å². The van der Waals surface area contributed by atoms with E-state index in [1.807, 2.05) is 0 Å². The average Bonchev–Trinajstić information content (AvgIpc) is 2.01. The molecular weight excluding hydrogens is 291 g/mol. The Kier molecular flexibility index (Phi) is 28.5. The van der Waals surface area contributed by atoms with E-state index in [0.717, 1.165) is 0 Å². The first-order valence-electron chi connectivity index (χ1n) is 3.84. The van der Waals surface area contributed by atoms with Crippen molar-refractivity contribution in [3.05, 3.63) is 0 Å². The van der Waals surface area contributed by atoms with Crippen molar-refractivity contribution in [1.82, 2.24) is 0 Å². The van der Waals surface area contributed by atoms with Crippen LogP contribution >= 0.6 is 0 Å². The Bertz CT molecular complexity index is 313. The maximum Gasteiger partial charge on any atom is 1.00 e. The molecule has 0 spiro atoms. The molecule has 0 radical (unpaired) electrons. The summed E-state index contributed by atoms with van der Waals surface area (Å²) in [6, 6.07) is 1.75. The molecule has 19 heavy (non-hydrogen) atoms. The third-order valence-corrected chi connectivity index (χ3v) is 1.25. The monoisotopic (exact) mass is 299 g/mol. The van der Waals surface area contributed by atoms with E-state index in [9.17, 15) is 29.7 Å². The molecule has 0 heterocycles. The topological polar surface area (TPSA) is 164 Å². The molecule has 0 bridgehead atoms. The van der Waals surface area contributed by atoms with Crippen LogP contribution in [0.2, 0.25) is 0 Å².